The summed E-state index contributed by atoms with van der Waals surface area (Å²) in [6.45, 7) is 1.19. The maximum atomic E-state index is 5.62. The van der Waals surface area contributed by atoms with Gasteiger partial charge in [0.05, 0.1) is 11.4 Å². The van der Waals surface area contributed by atoms with Gasteiger partial charge in [-0.15, -0.1) is 17.0 Å². The van der Waals surface area contributed by atoms with Crippen LogP contribution in [0.3, 0.4) is 0 Å². The molecule has 0 saturated heterocycles. The second-order valence-corrected chi connectivity index (χ2v) is 6.03. The molecule has 4 rings (SSSR count). The predicted octanol–water partition coefficient (Wildman–Crippen LogP) is 3.76. The van der Waals surface area contributed by atoms with E-state index in [4.69, 9.17) is 9.47 Å². The minimum atomic E-state index is 0. The van der Waals surface area contributed by atoms with Crippen molar-refractivity contribution in [3.8, 4) is 11.5 Å². The van der Waals surface area contributed by atoms with Gasteiger partial charge >= 0.3 is 0 Å². The Bertz CT molecular complexity index is 781. The van der Waals surface area contributed by atoms with E-state index in [-0.39, 0.29) is 17.0 Å². The van der Waals surface area contributed by atoms with Gasteiger partial charge in [-0.3, -0.25) is 5.43 Å². The van der Waals surface area contributed by atoms with Crippen LogP contribution in [0.4, 0.5) is 5.69 Å². The smallest absolute Gasteiger partial charge is 0.182 e. The fraction of sp³-hybridized carbons (Fsp3) is 0.176. The molecule has 0 aromatic heterocycles. The van der Waals surface area contributed by atoms with Crippen molar-refractivity contribution in [1.82, 2.24) is 5.43 Å². The number of nitrogens with zero attached hydrogens (tertiary/aromatic N) is 2. The summed E-state index contributed by atoms with van der Waals surface area (Å²) in [7, 11) is 0. The number of hydrogen-bond acceptors (Lipinski definition) is 5. The molecule has 0 saturated carbocycles. The summed E-state index contributed by atoms with van der Waals surface area (Å²) in [4.78, 5) is 4.53. The first-order chi connectivity index (χ1) is 11.4. The zero-order valence-corrected chi connectivity index (χ0v) is 15.3. The summed E-state index contributed by atoms with van der Waals surface area (Å²) < 4.78 is 11.2. The molecule has 2 heterocycles. The molecule has 0 unspecified atom stereocenters. The van der Waals surface area contributed by atoms with Gasteiger partial charge in [-0.05, 0) is 30.3 Å². The minimum absolute atomic E-state index is 0. The first-order valence-electron chi connectivity index (χ1n) is 7.38. The van der Waals surface area contributed by atoms with Crippen LogP contribution in [0.15, 0.2) is 58.6 Å². The summed E-state index contributed by atoms with van der Waals surface area (Å²) >= 11 is 1.63. The number of halogens is 1. The van der Waals surface area contributed by atoms with Gasteiger partial charge in [-0.1, -0.05) is 30.0 Å². The van der Waals surface area contributed by atoms with E-state index >= 15 is 0 Å². The zero-order chi connectivity index (χ0) is 15.5. The van der Waals surface area contributed by atoms with E-state index in [1.165, 1.54) is 0 Å². The van der Waals surface area contributed by atoms with Crippen molar-refractivity contribution in [3.05, 3.63) is 54.1 Å². The van der Waals surface area contributed by atoms with Gasteiger partial charge in [0.25, 0.3) is 0 Å². The summed E-state index contributed by atoms with van der Waals surface area (Å²) in [5.74, 6) is 2.34. The van der Waals surface area contributed by atoms with E-state index in [0.29, 0.717) is 13.2 Å². The lowest BCUT2D eigenvalue weighted by atomic mass is 10.1. The molecule has 2 aliphatic heterocycles. The van der Waals surface area contributed by atoms with E-state index in [2.05, 4.69) is 15.5 Å². The third-order valence-electron chi connectivity index (χ3n) is 3.49. The van der Waals surface area contributed by atoms with Crippen molar-refractivity contribution in [3.63, 3.8) is 0 Å². The van der Waals surface area contributed by atoms with E-state index in [1.807, 2.05) is 48.5 Å². The molecule has 0 bridgehead atoms. The first-order valence-corrected chi connectivity index (χ1v) is 8.36. The Hall–Kier alpha value is -1.99. The van der Waals surface area contributed by atoms with Crippen LogP contribution in [-0.4, -0.2) is 29.8 Å². The molecule has 0 amide bonds. The van der Waals surface area contributed by atoms with Crippen molar-refractivity contribution in [2.24, 2.45) is 10.1 Å². The summed E-state index contributed by atoms with van der Waals surface area (Å²) in [5, 5.41) is 5.25. The zero-order valence-electron chi connectivity index (χ0n) is 12.8. The van der Waals surface area contributed by atoms with Gasteiger partial charge in [-0.25, -0.2) is 4.99 Å². The van der Waals surface area contributed by atoms with E-state index < -0.39 is 0 Å². The molecule has 24 heavy (non-hydrogen) atoms. The molecule has 2 aromatic rings. The second-order valence-electron chi connectivity index (χ2n) is 5.07. The van der Waals surface area contributed by atoms with Crippen molar-refractivity contribution < 1.29 is 9.47 Å². The number of hydrazone groups is 1. The minimum Gasteiger partial charge on any atom is -0.486 e. The summed E-state index contributed by atoms with van der Waals surface area (Å²) in [6.07, 6.45) is 0. The highest BCUT2D eigenvalue weighted by molar-refractivity contribution is 8.93. The number of benzene rings is 2. The fourth-order valence-corrected chi connectivity index (χ4v) is 3.15. The Labute approximate surface area is 154 Å². The second kappa shape index (κ2) is 7.72. The van der Waals surface area contributed by atoms with Gasteiger partial charge in [-0.2, -0.15) is 5.10 Å². The number of hydrogen-bond donors (Lipinski definition) is 1. The van der Waals surface area contributed by atoms with Crippen molar-refractivity contribution in [1.29, 1.82) is 0 Å². The maximum absolute atomic E-state index is 5.62. The Morgan fingerprint density at radius 1 is 1.00 bits per heavy atom. The Morgan fingerprint density at radius 3 is 2.54 bits per heavy atom. The van der Waals surface area contributed by atoms with E-state index in [0.717, 1.165) is 39.4 Å². The highest BCUT2D eigenvalue weighted by Crippen LogP contribution is 2.31. The van der Waals surface area contributed by atoms with E-state index in [9.17, 15) is 0 Å². The van der Waals surface area contributed by atoms with Crippen LogP contribution in [0.5, 0.6) is 11.5 Å². The van der Waals surface area contributed by atoms with Gasteiger partial charge in [0, 0.05) is 11.3 Å². The van der Waals surface area contributed by atoms with E-state index in [1.54, 1.807) is 11.8 Å². The predicted molar refractivity (Wildman–Crippen MR) is 103 cm³/mol. The molecule has 2 aliphatic rings. The number of amidine groups is 1. The van der Waals surface area contributed by atoms with Gasteiger partial charge in [0.15, 0.2) is 16.7 Å². The van der Waals surface area contributed by atoms with Crippen LogP contribution in [0.25, 0.3) is 0 Å². The molecule has 5 nitrogen and oxygen atoms in total. The Balaban J connectivity index is 0.00000169. The lowest BCUT2D eigenvalue weighted by Crippen LogP contribution is -2.25. The number of aliphatic imine (C=N–C) groups is 1. The summed E-state index contributed by atoms with van der Waals surface area (Å²) in [5.41, 5.74) is 5.95. The SMILES string of the molecule is Br.c1ccc(N=C2NN=C(c3ccc4c(c3)OCCO4)CS2)cc1. The normalized spacial score (nSPS) is 17.5. The molecule has 124 valence electrons. The third kappa shape index (κ3) is 3.73. The number of thioether (sulfide) groups is 1. The molecule has 2 aromatic carbocycles. The highest BCUT2D eigenvalue weighted by atomic mass is 79.9. The average Bonchev–Trinajstić information content (AvgIpc) is 2.63. The number of rotatable bonds is 2. The number of ether oxygens (including phenoxy) is 2. The Morgan fingerprint density at radius 2 is 1.79 bits per heavy atom. The van der Waals surface area contributed by atoms with Crippen LogP contribution in [0.1, 0.15) is 5.56 Å². The average molecular weight is 406 g/mol. The lowest BCUT2D eigenvalue weighted by Gasteiger charge is -2.20. The number of nitrogens with one attached hydrogen (secondary N) is 1. The number of para-hydroxylation sites is 1. The molecular weight excluding hydrogens is 390 g/mol. The molecule has 0 fully saturated rings. The molecule has 7 heteroatoms. The standard InChI is InChI=1S/C17H15N3O2S.BrH/c1-2-4-13(5-3-1)18-17-20-19-14(11-23-17)12-6-7-15-16(10-12)22-9-8-21-15;/h1-7,10H,8-9,11H2,(H,18,20);1H. The fourth-order valence-electron chi connectivity index (χ4n) is 2.36. The molecular formula is C17H16BrN3O2S. The molecule has 0 spiro atoms. The quantitative estimate of drug-likeness (QED) is 0.825. The monoisotopic (exact) mass is 405 g/mol. The van der Waals surface area contributed by atoms with Gasteiger partial charge in [0.1, 0.15) is 13.2 Å². The highest BCUT2D eigenvalue weighted by Gasteiger charge is 2.17. The Kier molecular flexibility index (Phi) is 5.42. The van der Waals surface area contributed by atoms with Crippen molar-refractivity contribution in [2.75, 3.05) is 19.0 Å². The maximum Gasteiger partial charge on any atom is 0.182 e. The van der Waals surface area contributed by atoms with Crippen LogP contribution < -0.4 is 14.9 Å². The van der Waals surface area contributed by atoms with Crippen LogP contribution in [0.2, 0.25) is 0 Å². The first kappa shape index (κ1) is 16.9. The molecule has 1 N–H and O–H groups in total. The van der Waals surface area contributed by atoms with Crippen LogP contribution in [0, 0.1) is 0 Å². The molecule has 0 atom stereocenters. The summed E-state index contributed by atoms with van der Waals surface area (Å²) in [6, 6.07) is 15.8. The van der Waals surface area contributed by atoms with Crippen molar-refractivity contribution >= 4 is 45.3 Å². The van der Waals surface area contributed by atoms with Crippen molar-refractivity contribution in [2.45, 2.75) is 0 Å². The van der Waals surface area contributed by atoms with Gasteiger partial charge < -0.3 is 9.47 Å². The van der Waals surface area contributed by atoms with Gasteiger partial charge in [0.2, 0.25) is 0 Å². The topological polar surface area (TPSA) is 55.2 Å². The molecule has 0 radical (unpaired) electrons. The molecule has 0 aliphatic carbocycles. The largest absolute Gasteiger partial charge is 0.486 e. The third-order valence-corrected chi connectivity index (χ3v) is 4.37. The lowest BCUT2D eigenvalue weighted by molar-refractivity contribution is 0.171. The van der Waals surface area contributed by atoms with Crippen LogP contribution in [-0.2, 0) is 0 Å². The number of fused-ring (bicyclic) bond motifs is 1. The van der Waals surface area contributed by atoms with Crippen LogP contribution >= 0.6 is 28.7 Å².